The highest BCUT2D eigenvalue weighted by atomic mass is 15.3. The molecule has 1 atom stereocenters. The third-order valence-electron chi connectivity index (χ3n) is 6.50. The average Bonchev–Trinajstić information content (AvgIpc) is 3.43. The lowest BCUT2D eigenvalue weighted by molar-refractivity contribution is 0.464. The van der Waals surface area contributed by atoms with Crippen LogP contribution in [0, 0.1) is 0 Å². The second-order valence-corrected chi connectivity index (χ2v) is 8.50. The van der Waals surface area contributed by atoms with E-state index in [0.29, 0.717) is 11.8 Å². The Labute approximate surface area is 164 Å². The molecule has 1 saturated heterocycles. The SMILES string of the molecule is c1cn2c(C3CC3)nnc2c(N2CCCC(c3nnc4n3CCCCC4)C2)n1. The van der Waals surface area contributed by atoms with Gasteiger partial charge in [-0.1, -0.05) is 6.42 Å². The van der Waals surface area contributed by atoms with Crippen molar-refractivity contribution in [2.75, 3.05) is 18.0 Å². The zero-order valence-electron chi connectivity index (χ0n) is 16.2. The maximum atomic E-state index is 4.70. The van der Waals surface area contributed by atoms with Gasteiger partial charge in [-0.05, 0) is 38.5 Å². The van der Waals surface area contributed by atoms with Crippen molar-refractivity contribution in [2.24, 2.45) is 0 Å². The maximum Gasteiger partial charge on any atom is 0.203 e. The second-order valence-electron chi connectivity index (χ2n) is 8.50. The van der Waals surface area contributed by atoms with Crippen molar-refractivity contribution in [1.29, 1.82) is 0 Å². The first-order valence-electron chi connectivity index (χ1n) is 10.7. The molecule has 3 aromatic rings. The Bertz CT molecular complexity index is 1000. The Morgan fingerprint density at radius 1 is 0.821 bits per heavy atom. The molecule has 0 aromatic carbocycles. The van der Waals surface area contributed by atoms with Gasteiger partial charge in [0.2, 0.25) is 5.65 Å². The molecule has 6 rings (SSSR count). The summed E-state index contributed by atoms with van der Waals surface area (Å²) < 4.78 is 4.55. The zero-order valence-corrected chi connectivity index (χ0v) is 16.2. The molecule has 0 bridgehead atoms. The summed E-state index contributed by atoms with van der Waals surface area (Å²) in [4.78, 5) is 7.08. The molecule has 1 aliphatic carbocycles. The van der Waals surface area contributed by atoms with Crippen LogP contribution < -0.4 is 4.90 Å². The number of aryl methyl sites for hydroxylation is 1. The Kier molecular flexibility index (Phi) is 3.84. The Morgan fingerprint density at radius 2 is 1.75 bits per heavy atom. The minimum atomic E-state index is 0.404. The molecule has 2 fully saturated rings. The number of fused-ring (bicyclic) bond motifs is 2. The van der Waals surface area contributed by atoms with Crippen molar-refractivity contribution in [2.45, 2.75) is 69.7 Å². The first kappa shape index (κ1) is 16.4. The van der Waals surface area contributed by atoms with Crippen LogP contribution in [0.15, 0.2) is 12.4 Å². The Hall–Kier alpha value is -2.51. The number of piperidine rings is 1. The zero-order chi connectivity index (χ0) is 18.5. The highest BCUT2D eigenvalue weighted by molar-refractivity contribution is 5.64. The number of nitrogens with zero attached hydrogens (tertiary/aromatic N) is 8. The molecule has 28 heavy (non-hydrogen) atoms. The van der Waals surface area contributed by atoms with Crippen LogP contribution in [0.4, 0.5) is 5.82 Å². The molecule has 3 aromatic heterocycles. The smallest absolute Gasteiger partial charge is 0.203 e. The third kappa shape index (κ3) is 2.69. The van der Waals surface area contributed by atoms with Crippen molar-refractivity contribution in [3.63, 3.8) is 0 Å². The average molecular weight is 378 g/mol. The summed E-state index contributed by atoms with van der Waals surface area (Å²) in [6.45, 7) is 3.00. The fraction of sp³-hybridized carbons (Fsp3) is 0.650. The van der Waals surface area contributed by atoms with E-state index in [2.05, 4.69) is 34.3 Å². The van der Waals surface area contributed by atoms with Crippen molar-refractivity contribution in [3.8, 4) is 0 Å². The van der Waals surface area contributed by atoms with Crippen molar-refractivity contribution < 1.29 is 0 Å². The molecule has 8 heteroatoms. The van der Waals surface area contributed by atoms with Crippen LogP contribution >= 0.6 is 0 Å². The van der Waals surface area contributed by atoms with Gasteiger partial charge in [0.15, 0.2) is 5.82 Å². The summed E-state index contributed by atoms with van der Waals surface area (Å²) >= 11 is 0. The molecule has 0 amide bonds. The minimum Gasteiger partial charge on any atom is -0.353 e. The number of hydrogen-bond donors (Lipinski definition) is 0. The quantitative estimate of drug-likeness (QED) is 0.697. The van der Waals surface area contributed by atoms with Crippen molar-refractivity contribution in [1.82, 2.24) is 34.3 Å². The van der Waals surface area contributed by atoms with Crippen LogP contribution in [0.5, 0.6) is 0 Å². The van der Waals surface area contributed by atoms with Gasteiger partial charge in [0, 0.05) is 50.3 Å². The lowest BCUT2D eigenvalue weighted by atomic mass is 9.97. The molecular weight excluding hydrogens is 352 g/mol. The largest absolute Gasteiger partial charge is 0.353 e. The van der Waals surface area contributed by atoms with E-state index in [1.165, 1.54) is 43.8 Å². The minimum absolute atomic E-state index is 0.404. The van der Waals surface area contributed by atoms with Crippen LogP contribution in [-0.4, -0.2) is 47.4 Å². The predicted octanol–water partition coefficient (Wildman–Crippen LogP) is 2.70. The van der Waals surface area contributed by atoms with Gasteiger partial charge < -0.3 is 9.47 Å². The third-order valence-corrected chi connectivity index (χ3v) is 6.50. The van der Waals surface area contributed by atoms with Crippen LogP contribution in [0.25, 0.3) is 5.65 Å². The summed E-state index contributed by atoms with van der Waals surface area (Å²) in [6, 6.07) is 0. The molecular formula is C20H26N8. The molecule has 1 saturated carbocycles. The van der Waals surface area contributed by atoms with Gasteiger partial charge in [-0.25, -0.2) is 4.98 Å². The first-order valence-corrected chi connectivity index (χ1v) is 10.7. The monoisotopic (exact) mass is 378 g/mol. The van der Waals surface area contributed by atoms with E-state index in [0.717, 1.165) is 56.2 Å². The lowest BCUT2D eigenvalue weighted by Gasteiger charge is -2.33. The highest BCUT2D eigenvalue weighted by Crippen LogP contribution is 2.39. The van der Waals surface area contributed by atoms with Gasteiger partial charge in [-0.15, -0.1) is 20.4 Å². The maximum absolute atomic E-state index is 4.70. The molecule has 0 spiro atoms. The standard InChI is InChI=1S/C20H26N8/c1-2-6-16-22-23-18(27(16)11-3-1)15-5-4-10-26(13-15)19-20-25-24-17(14-7-8-14)28(20)12-9-21-19/h9,12,14-15H,1-8,10-11,13H2. The summed E-state index contributed by atoms with van der Waals surface area (Å²) in [6.07, 6.45) is 13.5. The van der Waals surface area contributed by atoms with Crippen LogP contribution in [0.3, 0.4) is 0 Å². The van der Waals surface area contributed by atoms with Crippen LogP contribution in [0.1, 0.15) is 74.3 Å². The number of hydrogen-bond acceptors (Lipinski definition) is 6. The molecule has 2 aliphatic heterocycles. The van der Waals surface area contributed by atoms with E-state index in [9.17, 15) is 0 Å². The van der Waals surface area contributed by atoms with Crippen LogP contribution in [0.2, 0.25) is 0 Å². The Morgan fingerprint density at radius 3 is 2.68 bits per heavy atom. The summed E-state index contributed by atoms with van der Waals surface area (Å²) in [5, 5.41) is 18.1. The van der Waals surface area contributed by atoms with Gasteiger partial charge >= 0.3 is 0 Å². The molecule has 1 unspecified atom stereocenters. The van der Waals surface area contributed by atoms with Gasteiger partial charge in [0.05, 0.1) is 0 Å². The van der Waals surface area contributed by atoms with Crippen molar-refractivity contribution >= 4 is 11.5 Å². The lowest BCUT2D eigenvalue weighted by Crippen LogP contribution is -2.36. The molecule has 3 aliphatic rings. The van der Waals surface area contributed by atoms with Gasteiger partial charge in [-0.3, -0.25) is 4.40 Å². The topological polar surface area (TPSA) is 77.0 Å². The Balaban J connectivity index is 1.31. The van der Waals surface area contributed by atoms with E-state index in [-0.39, 0.29) is 0 Å². The van der Waals surface area contributed by atoms with Gasteiger partial charge in [0.25, 0.3) is 0 Å². The van der Waals surface area contributed by atoms with Crippen molar-refractivity contribution in [3.05, 3.63) is 29.9 Å². The summed E-state index contributed by atoms with van der Waals surface area (Å²) in [7, 11) is 0. The van der Waals surface area contributed by atoms with Gasteiger partial charge in [-0.2, -0.15) is 0 Å². The molecule has 5 heterocycles. The van der Waals surface area contributed by atoms with E-state index in [4.69, 9.17) is 4.98 Å². The summed E-state index contributed by atoms with van der Waals surface area (Å²) in [5.41, 5.74) is 0.894. The highest BCUT2D eigenvalue weighted by Gasteiger charge is 2.32. The van der Waals surface area contributed by atoms with E-state index in [1.54, 1.807) is 0 Å². The van der Waals surface area contributed by atoms with Gasteiger partial charge in [0.1, 0.15) is 17.5 Å². The van der Waals surface area contributed by atoms with E-state index in [1.807, 2.05) is 12.4 Å². The molecule has 0 N–H and O–H groups in total. The second kappa shape index (κ2) is 6.53. The normalized spacial score (nSPS) is 23.0. The molecule has 8 nitrogen and oxygen atoms in total. The molecule has 0 radical (unpaired) electrons. The fourth-order valence-corrected chi connectivity index (χ4v) is 4.86. The predicted molar refractivity (Wildman–Crippen MR) is 105 cm³/mol. The first-order chi connectivity index (χ1) is 13.9. The van der Waals surface area contributed by atoms with Crippen LogP contribution in [-0.2, 0) is 13.0 Å². The van der Waals surface area contributed by atoms with E-state index >= 15 is 0 Å². The summed E-state index contributed by atoms with van der Waals surface area (Å²) in [5.74, 6) is 5.38. The molecule has 146 valence electrons. The fourth-order valence-electron chi connectivity index (χ4n) is 4.86. The number of aromatic nitrogens is 7. The number of anilines is 1. The number of rotatable bonds is 3. The van der Waals surface area contributed by atoms with E-state index < -0.39 is 0 Å².